The first-order valence-corrected chi connectivity index (χ1v) is 6.70. The van der Waals surface area contributed by atoms with Gasteiger partial charge < -0.3 is 10.0 Å². The summed E-state index contributed by atoms with van der Waals surface area (Å²) in [6.07, 6.45) is 4.65. The van der Waals surface area contributed by atoms with Crippen LogP contribution in [0.25, 0.3) is 0 Å². The molecule has 2 heterocycles. The van der Waals surface area contributed by atoms with Crippen LogP contribution in [0.3, 0.4) is 0 Å². The maximum absolute atomic E-state index is 12.3. The van der Waals surface area contributed by atoms with Crippen molar-refractivity contribution in [3.05, 3.63) is 59.4 Å². The molecule has 1 aliphatic rings. The molecule has 0 fully saturated rings. The number of pyridine rings is 1. The highest BCUT2D eigenvalue weighted by Gasteiger charge is 2.20. The van der Waals surface area contributed by atoms with Crippen LogP contribution in [0, 0.1) is 0 Å². The van der Waals surface area contributed by atoms with Crippen molar-refractivity contribution < 1.29 is 9.90 Å². The molecule has 1 aromatic heterocycles. The first kappa shape index (κ1) is 12.7. The molecule has 0 saturated carbocycles. The van der Waals surface area contributed by atoms with Gasteiger partial charge in [0.25, 0.3) is 0 Å². The van der Waals surface area contributed by atoms with Gasteiger partial charge in [-0.15, -0.1) is 0 Å². The highest BCUT2D eigenvalue weighted by molar-refractivity contribution is 5.79. The molecule has 20 heavy (non-hydrogen) atoms. The lowest BCUT2D eigenvalue weighted by Crippen LogP contribution is -2.36. The largest absolute Gasteiger partial charge is 0.508 e. The number of carbonyl (C=O) groups is 1. The Hall–Kier alpha value is -2.36. The average molecular weight is 268 g/mol. The van der Waals surface area contributed by atoms with Crippen LogP contribution in [0.2, 0.25) is 0 Å². The first-order chi connectivity index (χ1) is 9.72. The van der Waals surface area contributed by atoms with E-state index >= 15 is 0 Å². The molecule has 1 aliphatic heterocycles. The van der Waals surface area contributed by atoms with Crippen LogP contribution in [-0.2, 0) is 24.2 Å². The standard InChI is InChI=1S/C16H16N2O2/c19-15-2-1-13-5-8-18(11-14(13)10-15)16(20)9-12-3-6-17-7-4-12/h1-4,6-7,10,19H,5,8-9,11H2. The number of aromatic nitrogens is 1. The van der Waals surface area contributed by atoms with Crippen molar-refractivity contribution in [1.82, 2.24) is 9.88 Å². The fraction of sp³-hybridized carbons (Fsp3) is 0.250. The van der Waals surface area contributed by atoms with Gasteiger partial charge in [-0.2, -0.15) is 0 Å². The van der Waals surface area contributed by atoms with Crippen LogP contribution < -0.4 is 0 Å². The summed E-state index contributed by atoms with van der Waals surface area (Å²) in [5.74, 6) is 0.373. The molecule has 0 unspecified atom stereocenters. The number of amides is 1. The van der Waals surface area contributed by atoms with Crippen LogP contribution in [-0.4, -0.2) is 27.4 Å². The summed E-state index contributed by atoms with van der Waals surface area (Å²) in [6.45, 7) is 1.31. The normalized spacial score (nSPS) is 13.9. The Morgan fingerprint density at radius 2 is 2.00 bits per heavy atom. The lowest BCUT2D eigenvalue weighted by Gasteiger charge is -2.29. The number of carbonyl (C=O) groups excluding carboxylic acids is 1. The number of hydrogen-bond acceptors (Lipinski definition) is 3. The van der Waals surface area contributed by atoms with Crippen molar-refractivity contribution in [3.63, 3.8) is 0 Å². The van der Waals surface area contributed by atoms with Gasteiger partial charge in [0, 0.05) is 25.5 Å². The fourth-order valence-electron chi connectivity index (χ4n) is 2.54. The molecule has 0 atom stereocenters. The molecule has 0 bridgehead atoms. The summed E-state index contributed by atoms with van der Waals surface area (Å²) < 4.78 is 0. The maximum Gasteiger partial charge on any atom is 0.227 e. The molecule has 4 nitrogen and oxygen atoms in total. The van der Waals surface area contributed by atoms with Gasteiger partial charge in [-0.3, -0.25) is 9.78 Å². The van der Waals surface area contributed by atoms with Crippen molar-refractivity contribution in [1.29, 1.82) is 0 Å². The zero-order valence-corrected chi connectivity index (χ0v) is 11.1. The zero-order chi connectivity index (χ0) is 13.9. The van der Waals surface area contributed by atoms with Crippen molar-refractivity contribution >= 4 is 5.91 Å². The van der Waals surface area contributed by atoms with Gasteiger partial charge in [0.05, 0.1) is 6.42 Å². The molecule has 102 valence electrons. The van der Waals surface area contributed by atoms with E-state index in [0.29, 0.717) is 13.0 Å². The Bertz CT molecular complexity index is 626. The van der Waals surface area contributed by atoms with E-state index in [4.69, 9.17) is 0 Å². The van der Waals surface area contributed by atoms with E-state index in [9.17, 15) is 9.90 Å². The summed E-state index contributed by atoms with van der Waals surface area (Å²) in [4.78, 5) is 18.1. The number of phenols is 1. The number of phenolic OH excluding ortho intramolecular Hbond substituents is 1. The number of nitrogens with zero attached hydrogens (tertiary/aromatic N) is 2. The van der Waals surface area contributed by atoms with Crippen molar-refractivity contribution in [3.8, 4) is 5.75 Å². The highest BCUT2D eigenvalue weighted by Crippen LogP contribution is 2.23. The second-order valence-electron chi connectivity index (χ2n) is 5.05. The molecule has 4 heteroatoms. The summed E-state index contributed by atoms with van der Waals surface area (Å²) in [5.41, 5.74) is 3.24. The smallest absolute Gasteiger partial charge is 0.227 e. The lowest BCUT2D eigenvalue weighted by atomic mass is 9.99. The van der Waals surface area contributed by atoms with Crippen LogP contribution in [0.5, 0.6) is 5.75 Å². The number of hydrogen-bond donors (Lipinski definition) is 1. The Balaban J connectivity index is 1.72. The Morgan fingerprint density at radius 3 is 2.80 bits per heavy atom. The van der Waals surface area contributed by atoms with E-state index in [0.717, 1.165) is 24.1 Å². The van der Waals surface area contributed by atoms with Gasteiger partial charge in [-0.1, -0.05) is 6.07 Å². The minimum Gasteiger partial charge on any atom is -0.508 e. The molecule has 0 saturated heterocycles. The van der Waals surface area contributed by atoms with E-state index < -0.39 is 0 Å². The minimum atomic E-state index is 0.116. The molecule has 2 aromatic rings. The third kappa shape index (κ3) is 2.64. The third-order valence-corrected chi connectivity index (χ3v) is 3.66. The second-order valence-corrected chi connectivity index (χ2v) is 5.05. The van der Waals surface area contributed by atoms with E-state index in [2.05, 4.69) is 4.98 Å². The zero-order valence-electron chi connectivity index (χ0n) is 11.1. The number of aromatic hydroxyl groups is 1. The van der Waals surface area contributed by atoms with Crippen LogP contribution in [0.1, 0.15) is 16.7 Å². The van der Waals surface area contributed by atoms with Gasteiger partial charge in [-0.05, 0) is 47.4 Å². The average Bonchev–Trinajstić information content (AvgIpc) is 2.47. The van der Waals surface area contributed by atoms with Crippen LogP contribution in [0.4, 0.5) is 0 Å². The predicted molar refractivity (Wildman–Crippen MR) is 75.2 cm³/mol. The maximum atomic E-state index is 12.3. The van der Waals surface area contributed by atoms with Crippen LogP contribution in [0.15, 0.2) is 42.7 Å². The van der Waals surface area contributed by atoms with Gasteiger partial charge >= 0.3 is 0 Å². The van der Waals surface area contributed by atoms with Crippen LogP contribution >= 0.6 is 0 Å². The van der Waals surface area contributed by atoms with E-state index in [1.807, 2.05) is 23.1 Å². The quantitative estimate of drug-likeness (QED) is 0.905. The number of fused-ring (bicyclic) bond motifs is 1. The second kappa shape index (κ2) is 5.33. The molecular weight excluding hydrogens is 252 g/mol. The Labute approximate surface area is 117 Å². The molecule has 1 aromatic carbocycles. The lowest BCUT2D eigenvalue weighted by molar-refractivity contribution is -0.131. The summed E-state index contributed by atoms with van der Waals surface area (Å²) in [5, 5.41) is 9.54. The molecule has 0 spiro atoms. The summed E-state index contributed by atoms with van der Waals surface area (Å²) in [6, 6.07) is 9.12. The molecule has 1 N–H and O–H groups in total. The van der Waals surface area contributed by atoms with Gasteiger partial charge in [-0.25, -0.2) is 0 Å². The van der Waals surface area contributed by atoms with E-state index in [1.54, 1.807) is 24.5 Å². The van der Waals surface area contributed by atoms with Crippen molar-refractivity contribution in [2.45, 2.75) is 19.4 Å². The van der Waals surface area contributed by atoms with Crippen molar-refractivity contribution in [2.75, 3.05) is 6.54 Å². The predicted octanol–water partition coefficient (Wildman–Crippen LogP) is 1.91. The SMILES string of the molecule is O=C(Cc1ccncc1)N1CCc2ccc(O)cc2C1. The number of benzene rings is 1. The highest BCUT2D eigenvalue weighted by atomic mass is 16.3. The number of rotatable bonds is 2. The topological polar surface area (TPSA) is 53.4 Å². The van der Waals surface area contributed by atoms with Gasteiger partial charge in [0.15, 0.2) is 0 Å². The monoisotopic (exact) mass is 268 g/mol. The fourth-order valence-corrected chi connectivity index (χ4v) is 2.54. The van der Waals surface area contributed by atoms with Gasteiger partial charge in [0.2, 0.25) is 5.91 Å². The summed E-state index contributed by atoms with van der Waals surface area (Å²) in [7, 11) is 0. The summed E-state index contributed by atoms with van der Waals surface area (Å²) >= 11 is 0. The van der Waals surface area contributed by atoms with Gasteiger partial charge in [0.1, 0.15) is 5.75 Å². The van der Waals surface area contributed by atoms with Crippen molar-refractivity contribution in [2.24, 2.45) is 0 Å². The third-order valence-electron chi connectivity index (χ3n) is 3.66. The molecule has 0 aliphatic carbocycles. The van der Waals surface area contributed by atoms with E-state index in [1.165, 1.54) is 5.56 Å². The molecule has 1 amide bonds. The minimum absolute atomic E-state index is 0.116. The molecule has 0 radical (unpaired) electrons. The Morgan fingerprint density at radius 1 is 1.20 bits per heavy atom. The molecule has 3 rings (SSSR count). The molecular formula is C16H16N2O2. The Kier molecular flexibility index (Phi) is 3.37. The van der Waals surface area contributed by atoms with E-state index in [-0.39, 0.29) is 11.7 Å². The first-order valence-electron chi connectivity index (χ1n) is 6.70.